The highest BCUT2D eigenvalue weighted by Gasteiger charge is 2.75. The summed E-state index contributed by atoms with van der Waals surface area (Å²) in [6.45, 7) is 10.1. The minimum absolute atomic E-state index is 0.180. The monoisotopic (exact) mass is 593 g/mol. The van der Waals surface area contributed by atoms with Crippen molar-refractivity contribution in [2.45, 2.75) is 50.1 Å². The molecule has 8 heteroatoms. The summed E-state index contributed by atoms with van der Waals surface area (Å²) in [6, 6.07) is 21.8. The zero-order chi connectivity index (χ0) is 31.0. The Morgan fingerprint density at radius 1 is 1.02 bits per heavy atom. The van der Waals surface area contributed by atoms with E-state index in [1.807, 2.05) is 72.8 Å². The maximum Gasteiger partial charge on any atom is 0.253 e. The van der Waals surface area contributed by atoms with E-state index in [4.69, 9.17) is 4.74 Å². The lowest BCUT2D eigenvalue weighted by Gasteiger charge is -2.38. The number of benzene rings is 3. The fraction of sp³-hybridized carbons (Fsp3) is 0.361. The lowest BCUT2D eigenvalue weighted by atomic mass is 9.70. The van der Waals surface area contributed by atoms with Crippen LogP contribution in [-0.4, -0.2) is 76.1 Å². The normalized spacial score (nSPS) is 26.0. The molecule has 3 aliphatic heterocycles. The van der Waals surface area contributed by atoms with Crippen LogP contribution in [0.1, 0.15) is 25.3 Å². The molecule has 2 unspecified atom stereocenters. The van der Waals surface area contributed by atoms with Gasteiger partial charge in [-0.1, -0.05) is 72.8 Å². The number of nitrogens with zero attached hydrogens (tertiary/aromatic N) is 3. The molecule has 8 nitrogen and oxygen atoms in total. The number of carbonyl (C=O) groups excluding carboxylic acids is 3. The van der Waals surface area contributed by atoms with Crippen LogP contribution in [0.5, 0.6) is 0 Å². The average molecular weight is 594 g/mol. The summed E-state index contributed by atoms with van der Waals surface area (Å²) in [4.78, 5) is 48.3. The Morgan fingerprint density at radius 2 is 1.73 bits per heavy atom. The molecule has 0 aliphatic carbocycles. The molecule has 3 heterocycles. The van der Waals surface area contributed by atoms with Crippen LogP contribution in [-0.2, 0) is 25.7 Å². The van der Waals surface area contributed by atoms with Crippen molar-refractivity contribution in [2.75, 3.05) is 24.6 Å². The molecular weight excluding hydrogens is 554 g/mol. The fourth-order valence-electron chi connectivity index (χ4n) is 7.56. The second-order valence-electron chi connectivity index (χ2n) is 12.1. The highest BCUT2D eigenvalue weighted by molar-refractivity contribution is 6.06. The summed E-state index contributed by atoms with van der Waals surface area (Å²) >= 11 is 0. The molecule has 6 atom stereocenters. The van der Waals surface area contributed by atoms with Crippen molar-refractivity contribution in [2.24, 2.45) is 11.8 Å². The van der Waals surface area contributed by atoms with E-state index in [1.54, 1.807) is 28.9 Å². The minimum Gasteiger partial charge on any atom is -0.394 e. The number of anilines is 1. The van der Waals surface area contributed by atoms with Gasteiger partial charge < -0.3 is 24.5 Å². The van der Waals surface area contributed by atoms with Gasteiger partial charge in [-0.2, -0.15) is 0 Å². The number of hydrogen-bond acceptors (Lipinski definition) is 5. The van der Waals surface area contributed by atoms with Crippen LogP contribution in [0.25, 0.3) is 10.8 Å². The van der Waals surface area contributed by atoms with Gasteiger partial charge in [0.15, 0.2) is 0 Å². The Balaban J connectivity index is 1.38. The van der Waals surface area contributed by atoms with E-state index in [2.05, 4.69) is 13.2 Å². The highest BCUT2D eigenvalue weighted by atomic mass is 16.5. The molecule has 2 bridgehead atoms. The quantitative estimate of drug-likeness (QED) is 0.335. The van der Waals surface area contributed by atoms with E-state index in [9.17, 15) is 19.5 Å². The molecule has 0 radical (unpaired) electrons. The van der Waals surface area contributed by atoms with Gasteiger partial charge in [-0.15, -0.1) is 13.2 Å². The molecule has 6 rings (SSSR count). The summed E-state index contributed by atoms with van der Waals surface area (Å²) in [5.41, 5.74) is 0.474. The topological polar surface area (TPSA) is 90.4 Å². The zero-order valence-electron chi connectivity index (χ0n) is 25.0. The number of hydrogen-bond donors (Lipinski definition) is 1. The highest BCUT2D eigenvalue weighted by Crippen LogP contribution is 2.59. The zero-order valence-corrected chi connectivity index (χ0v) is 25.0. The Bertz CT molecular complexity index is 1590. The average Bonchev–Trinajstić information content (AvgIpc) is 3.70. The SMILES string of the molecule is C=CCN(Cc1ccccc1)C(=O)[C@@H]1[C@@H]2CCC3(O2)C(C(=O)N(CC=C)c2ccc4ccccc4c2)N([C@H](C)CO)C(=O)[C@H]13. The molecule has 3 aromatic rings. The maximum atomic E-state index is 14.7. The predicted molar refractivity (Wildman–Crippen MR) is 170 cm³/mol. The van der Waals surface area contributed by atoms with Crippen LogP contribution < -0.4 is 4.90 Å². The molecule has 3 aliphatic rings. The Kier molecular flexibility index (Phi) is 8.14. The second kappa shape index (κ2) is 12.0. The van der Waals surface area contributed by atoms with Crippen molar-refractivity contribution in [3.8, 4) is 0 Å². The molecule has 44 heavy (non-hydrogen) atoms. The van der Waals surface area contributed by atoms with E-state index in [1.165, 1.54) is 4.90 Å². The fourth-order valence-corrected chi connectivity index (χ4v) is 7.56. The van der Waals surface area contributed by atoms with Gasteiger partial charge in [0.2, 0.25) is 11.8 Å². The lowest BCUT2D eigenvalue weighted by molar-refractivity contribution is -0.147. The van der Waals surface area contributed by atoms with Gasteiger partial charge in [0, 0.05) is 25.3 Å². The first-order valence-electron chi connectivity index (χ1n) is 15.3. The molecular formula is C36H39N3O5. The van der Waals surface area contributed by atoms with E-state index in [-0.39, 0.29) is 30.9 Å². The number of likely N-dealkylation sites (tertiary alicyclic amines) is 1. The first-order chi connectivity index (χ1) is 21.3. The lowest BCUT2D eigenvalue weighted by Crippen LogP contribution is -2.58. The first kappa shape index (κ1) is 29.8. The number of aliphatic hydroxyl groups excluding tert-OH is 1. The van der Waals surface area contributed by atoms with E-state index >= 15 is 0 Å². The van der Waals surface area contributed by atoms with Gasteiger partial charge in [-0.3, -0.25) is 14.4 Å². The largest absolute Gasteiger partial charge is 0.394 e. The number of ether oxygens (including phenoxy) is 1. The molecule has 1 N–H and O–H groups in total. The smallest absolute Gasteiger partial charge is 0.253 e. The number of rotatable bonds is 11. The van der Waals surface area contributed by atoms with Gasteiger partial charge in [0.05, 0.1) is 30.6 Å². The minimum atomic E-state index is -1.18. The van der Waals surface area contributed by atoms with E-state index in [0.717, 1.165) is 16.3 Å². The van der Waals surface area contributed by atoms with Crippen molar-refractivity contribution < 1.29 is 24.2 Å². The van der Waals surface area contributed by atoms with Crippen LogP contribution in [0.4, 0.5) is 5.69 Å². The summed E-state index contributed by atoms with van der Waals surface area (Å²) in [5.74, 6) is -2.37. The third-order valence-corrected chi connectivity index (χ3v) is 9.50. The molecule has 3 saturated heterocycles. The number of carbonyl (C=O) groups is 3. The van der Waals surface area contributed by atoms with Crippen molar-refractivity contribution in [3.05, 3.63) is 104 Å². The van der Waals surface area contributed by atoms with Crippen molar-refractivity contribution >= 4 is 34.2 Å². The molecule has 1 spiro atoms. The third-order valence-electron chi connectivity index (χ3n) is 9.50. The third kappa shape index (κ3) is 4.82. The van der Waals surface area contributed by atoms with Crippen molar-refractivity contribution in [3.63, 3.8) is 0 Å². The number of aliphatic hydroxyl groups is 1. The molecule has 228 valence electrons. The summed E-state index contributed by atoms with van der Waals surface area (Å²) in [6.07, 6.45) is 3.91. The number of fused-ring (bicyclic) bond motifs is 2. The van der Waals surface area contributed by atoms with E-state index in [0.29, 0.717) is 31.6 Å². The summed E-state index contributed by atoms with van der Waals surface area (Å²) < 4.78 is 6.67. The van der Waals surface area contributed by atoms with Crippen LogP contribution in [0.3, 0.4) is 0 Å². The first-order valence-corrected chi connectivity index (χ1v) is 15.3. The van der Waals surface area contributed by atoms with Crippen LogP contribution in [0.2, 0.25) is 0 Å². The van der Waals surface area contributed by atoms with Gasteiger partial charge in [0.1, 0.15) is 11.6 Å². The van der Waals surface area contributed by atoms with E-state index < -0.39 is 35.6 Å². The van der Waals surface area contributed by atoms with Crippen LogP contribution in [0, 0.1) is 11.8 Å². The van der Waals surface area contributed by atoms with Crippen LogP contribution in [0.15, 0.2) is 98.1 Å². The molecule has 3 aromatic carbocycles. The molecule has 0 aromatic heterocycles. The van der Waals surface area contributed by atoms with Gasteiger partial charge in [-0.25, -0.2) is 0 Å². The second-order valence-corrected chi connectivity index (χ2v) is 12.1. The predicted octanol–water partition coefficient (Wildman–Crippen LogP) is 4.33. The Morgan fingerprint density at radius 3 is 2.43 bits per heavy atom. The van der Waals surface area contributed by atoms with Gasteiger partial charge in [-0.05, 0) is 48.2 Å². The Hall–Kier alpha value is -4.27. The van der Waals surface area contributed by atoms with Crippen molar-refractivity contribution in [1.29, 1.82) is 0 Å². The van der Waals surface area contributed by atoms with Crippen LogP contribution >= 0.6 is 0 Å². The molecule has 0 saturated carbocycles. The van der Waals surface area contributed by atoms with Gasteiger partial charge >= 0.3 is 0 Å². The van der Waals surface area contributed by atoms with Crippen molar-refractivity contribution in [1.82, 2.24) is 9.80 Å². The Labute approximate surface area is 258 Å². The maximum absolute atomic E-state index is 14.7. The summed E-state index contributed by atoms with van der Waals surface area (Å²) in [7, 11) is 0. The molecule has 3 fully saturated rings. The van der Waals surface area contributed by atoms with Gasteiger partial charge in [0.25, 0.3) is 5.91 Å². The number of amides is 3. The summed E-state index contributed by atoms with van der Waals surface area (Å²) in [5, 5.41) is 12.3. The molecule has 3 amide bonds. The standard InChI is InChI=1S/C36H39N3O5/c1-4-19-37(22-25-11-7-6-8-12-25)33(41)30-29-17-18-36(44-29)31(30)34(42)39(24(3)23-40)32(36)35(43)38(20-5-2)28-16-15-26-13-9-10-14-27(26)21-28/h4-16,21,24,29-32,40H,1-2,17-20,22-23H2,3H3/t24-,29+,30-,31+,32?,36?/m1/s1.